The zero-order valence-corrected chi connectivity index (χ0v) is 6.34. The molecule has 1 heteroatoms. The Morgan fingerprint density at radius 3 is 2.57 bits per heavy atom. The topological polar surface area (TPSA) is 0 Å². The summed E-state index contributed by atoms with van der Waals surface area (Å²) in [5.41, 5.74) is 0. The Labute approximate surface area is 53.7 Å². The van der Waals surface area contributed by atoms with Crippen molar-refractivity contribution in [3.63, 3.8) is 0 Å². The molecule has 0 aromatic carbocycles. The second-order valence-corrected chi connectivity index (χ2v) is 4.42. The highest BCUT2D eigenvalue weighted by molar-refractivity contribution is 14.2. The van der Waals surface area contributed by atoms with Gasteiger partial charge in [-0.15, -0.1) is 0 Å². The maximum Gasteiger partial charge on any atom is -0.0178 e. The van der Waals surface area contributed by atoms with Gasteiger partial charge in [0.25, 0.3) is 0 Å². The third kappa shape index (κ3) is 1.55. The Bertz CT molecular complexity index is 140. The van der Waals surface area contributed by atoms with Crippen LogP contribution in [0.4, 0.5) is 0 Å². The molecular formula is C6H7I. The molecule has 0 atom stereocenters. The number of rotatable bonds is 0. The number of allylic oxidation sites excluding steroid dienone is 3. The van der Waals surface area contributed by atoms with E-state index in [1.807, 2.05) is 0 Å². The fourth-order valence-corrected chi connectivity index (χ4v) is 1.83. The minimum atomic E-state index is 0.301. The van der Waals surface area contributed by atoms with E-state index in [1.165, 1.54) is 0 Å². The summed E-state index contributed by atoms with van der Waals surface area (Å²) in [4.78, 5) is 0. The van der Waals surface area contributed by atoms with Gasteiger partial charge in [-0.1, -0.05) is 39.0 Å². The lowest BCUT2D eigenvalue weighted by molar-refractivity contribution is 1.96. The van der Waals surface area contributed by atoms with E-state index in [1.54, 1.807) is 3.51 Å². The van der Waals surface area contributed by atoms with Crippen molar-refractivity contribution < 1.29 is 0 Å². The lowest BCUT2D eigenvalue weighted by Crippen LogP contribution is -1.76. The van der Waals surface area contributed by atoms with Crippen LogP contribution in [-0.2, 0) is 0 Å². The van der Waals surface area contributed by atoms with Gasteiger partial charge in [0.1, 0.15) is 0 Å². The quantitative estimate of drug-likeness (QED) is 0.533. The molecule has 38 valence electrons. The third-order valence-electron chi connectivity index (χ3n) is 0.745. The summed E-state index contributed by atoms with van der Waals surface area (Å²) in [7, 11) is 0. The molecule has 7 heavy (non-hydrogen) atoms. The number of halogens is 1. The summed E-state index contributed by atoms with van der Waals surface area (Å²) in [5.74, 6) is 0. The Kier molecular flexibility index (Phi) is 1.79. The van der Waals surface area contributed by atoms with E-state index in [9.17, 15) is 0 Å². The molecule has 0 spiro atoms. The summed E-state index contributed by atoms with van der Waals surface area (Å²) < 4.78 is 3.83. The number of hydrogen-bond acceptors (Lipinski definition) is 0. The monoisotopic (exact) mass is 206 g/mol. The molecule has 0 N–H and O–H groups in total. The van der Waals surface area contributed by atoms with Crippen molar-refractivity contribution in [2.45, 2.75) is 6.92 Å². The second-order valence-electron chi connectivity index (χ2n) is 1.37. The molecule has 0 saturated heterocycles. The van der Waals surface area contributed by atoms with Gasteiger partial charge in [-0.3, -0.25) is 0 Å². The van der Waals surface area contributed by atoms with Crippen LogP contribution in [0, 0.1) is 0 Å². The summed E-state index contributed by atoms with van der Waals surface area (Å²) in [5, 5.41) is 0. The molecule has 0 unspecified atom stereocenters. The SMILES string of the molecule is CC1=IC=CC=C1. The lowest BCUT2D eigenvalue weighted by atomic mass is 10.4. The van der Waals surface area contributed by atoms with Crippen LogP contribution in [0.3, 0.4) is 0 Å². The van der Waals surface area contributed by atoms with E-state index in [2.05, 4.69) is 29.2 Å². The molecular weight excluding hydrogens is 199 g/mol. The van der Waals surface area contributed by atoms with Gasteiger partial charge in [-0.05, 0) is 14.5 Å². The van der Waals surface area contributed by atoms with Gasteiger partial charge in [0.05, 0.1) is 0 Å². The van der Waals surface area contributed by atoms with Crippen molar-refractivity contribution in [1.29, 1.82) is 0 Å². The van der Waals surface area contributed by atoms with Crippen LogP contribution in [0.15, 0.2) is 22.3 Å². The Morgan fingerprint density at radius 1 is 1.43 bits per heavy atom. The predicted octanol–water partition coefficient (Wildman–Crippen LogP) is 2.23. The highest BCUT2D eigenvalue weighted by Gasteiger charge is 1.79. The fourth-order valence-electron chi connectivity index (χ4n) is 0.402. The van der Waals surface area contributed by atoms with Crippen LogP contribution < -0.4 is 0 Å². The first-order chi connectivity index (χ1) is 3.39. The van der Waals surface area contributed by atoms with Crippen LogP contribution >= 0.6 is 20.7 Å². The molecule has 0 amide bonds. The van der Waals surface area contributed by atoms with E-state index in [4.69, 9.17) is 0 Å². The van der Waals surface area contributed by atoms with Gasteiger partial charge in [0.2, 0.25) is 0 Å². The van der Waals surface area contributed by atoms with Crippen molar-refractivity contribution in [2.24, 2.45) is 0 Å². The molecule has 0 aromatic heterocycles. The molecule has 1 heterocycles. The smallest absolute Gasteiger partial charge is 0.0178 e. The van der Waals surface area contributed by atoms with Crippen molar-refractivity contribution in [3.8, 4) is 0 Å². The molecule has 1 aliphatic heterocycles. The first-order valence-corrected chi connectivity index (χ1v) is 4.52. The van der Waals surface area contributed by atoms with Crippen LogP contribution in [0.1, 0.15) is 6.92 Å². The normalized spacial score (nSPS) is 18.1. The van der Waals surface area contributed by atoms with Crippen molar-refractivity contribution in [2.75, 3.05) is 0 Å². The van der Waals surface area contributed by atoms with E-state index in [0.29, 0.717) is 20.7 Å². The zero-order valence-electron chi connectivity index (χ0n) is 4.19. The summed E-state index contributed by atoms with van der Waals surface area (Å²) in [6.07, 6.45) is 6.41. The molecule has 0 fully saturated rings. The molecule has 0 aromatic rings. The predicted molar refractivity (Wildman–Crippen MR) is 43.0 cm³/mol. The first kappa shape index (κ1) is 5.22. The van der Waals surface area contributed by atoms with Crippen molar-refractivity contribution in [3.05, 3.63) is 22.3 Å². The van der Waals surface area contributed by atoms with Crippen LogP contribution in [0.2, 0.25) is 0 Å². The van der Waals surface area contributed by atoms with Gasteiger partial charge in [0, 0.05) is 0 Å². The van der Waals surface area contributed by atoms with E-state index in [-0.39, 0.29) is 0 Å². The average molecular weight is 206 g/mol. The molecule has 0 bridgehead atoms. The van der Waals surface area contributed by atoms with Crippen LogP contribution in [-0.4, -0.2) is 3.51 Å². The summed E-state index contributed by atoms with van der Waals surface area (Å²) in [6.45, 7) is 2.19. The van der Waals surface area contributed by atoms with Crippen molar-refractivity contribution >= 4 is 24.2 Å². The van der Waals surface area contributed by atoms with Gasteiger partial charge < -0.3 is 0 Å². The largest absolute Gasteiger partial charge is 0.0904 e. The maximum atomic E-state index is 2.27. The molecule has 0 radical (unpaired) electrons. The highest BCUT2D eigenvalue weighted by Crippen LogP contribution is 2.07. The van der Waals surface area contributed by atoms with E-state index in [0.717, 1.165) is 0 Å². The highest BCUT2D eigenvalue weighted by atomic mass is 127. The minimum Gasteiger partial charge on any atom is -0.0904 e. The lowest BCUT2D eigenvalue weighted by Gasteiger charge is -1.88. The van der Waals surface area contributed by atoms with Gasteiger partial charge in [0.15, 0.2) is 0 Å². The standard InChI is InChI=1S/C6H7I/c1-6-4-2-3-5-7-6/h2-5H,1H3. The molecule has 1 rings (SSSR count). The van der Waals surface area contributed by atoms with Crippen molar-refractivity contribution in [1.82, 2.24) is 0 Å². The van der Waals surface area contributed by atoms with Crippen LogP contribution in [0.25, 0.3) is 0 Å². The second kappa shape index (κ2) is 2.40. The van der Waals surface area contributed by atoms with Crippen LogP contribution in [0.5, 0.6) is 0 Å². The average Bonchev–Trinajstić information content (AvgIpc) is 1.69. The number of hydrogen-bond donors (Lipinski definition) is 0. The summed E-state index contributed by atoms with van der Waals surface area (Å²) in [6, 6.07) is 0. The van der Waals surface area contributed by atoms with Gasteiger partial charge in [-0.25, -0.2) is 0 Å². The van der Waals surface area contributed by atoms with Gasteiger partial charge in [-0.2, -0.15) is 0 Å². The zero-order chi connectivity index (χ0) is 5.11. The van der Waals surface area contributed by atoms with E-state index >= 15 is 0 Å². The Hall–Kier alpha value is 0.0800. The first-order valence-electron chi connectivity index (χ1n) is 2.20. The maximum absolute atomic E-state index is 2.27. The molecule has 0 saturated carbocycles. The van der Waals surface area contributed by atoms with E-state index < -0.39 is 0 Å². The Morgan fingerprint density at radius 2 is 2.29 bits per heavy atom. The Balaban J connectivity index is 2.82. The summed E-state index contributed by atoms with van der Waals surface area (Å²) >= 11 is 0.301. The third-order valence-corrected chi connectivity index (χ3v) is 2.86. The molecule has 1 aliphatic rings. The van der Waals surface area contributed by atoms with Gasteiger partial charge >= 0.3 is 0 Å². The molecule has 0 aliphatic carbocycles. The minimum absolute atomic E-state index is 0.301. The molecule has 0 nitrogen and oxygen atoms in total. The fraction of sp³-hybridized carbons (Fsp3) is 0.167.